The van der Waals surface area contributed by atoms with Crippen LogP contribution in [0.3, 0.4) is 0 Å². The summed E-state index contributed by atoms with van der Waals surface area (Å²) in [5.41, 5.74) is -1.49. The molecule has 0 saturated heterocycles. The first-order valence-corrected chi connectivity index (χ1v) is 4.63. The summed E-state index contributed by atoms with van der Waals surface area (Å²) in [6, 6.07) is 5.16. The molecule has 0 aliphatic carbocycles. The summed E-state index contributed by atoms with van der Waals surface area (Å²) in [6.45, 7) is 0. The molecule has 0 bridgehead atoms. The number of para-hydroxylation sites is 1. The number of nitro benzene ring substituents is 1. The van der Waals surface area contributed by atoms with Crippen LogP contribution in [0, 0.1) is 15.5 Å². The Kier molecular flexibility index (Phi) is 3.93. The van der Waals surface area contributed by atoms with Crippen LogP contribution >= 0.6 is 0 Å². The van der Waals surface area contributed by atoms with Crippen LogP contribution in [0.15, 0.2) is 30.0 Å². The van der Waals surface area contributed by atoms with Gasteiger partial charge in [-0.1, -0.05) is 12.1 Å². The van der Waals surface area contributed by atoms with E-state index in [1.807, 2.05) is 0 Å². The molecule has 1 aromatic carbocycles. The molecule has 0 heterocycles. The number of diazo groups is 1. The number of aliphatic hydroxyl groups excluding tert-OH is 1. The molecular weight excluding hydrogens is 242 g/mol. The highest BCUT2D eigenvalue weighted by Crippen LogP contribution is 2.26. The lowest BCUT2D eigenvalue weighted by Gasteiger charge is -1.99. The molecule has 0 spiro atoms. The number of esters is 1. The monoisotopic (exact) mass is 250 g/mol. The van der Waals surface area contributed by atoms with E-state index in [9.17, 15) is 20.0 Å². The number of benzene rings is 1. The molecule has 92 valence electrons. The van der Waals surface area contributed by atoms with E-state index < -0.39 is 28.0 Å². The minimum atomic E-state index is -1.12. The van der Waals surface area contributed by atoms with Gasteiger partial charge < -0.3 is 9.84 Å². The highest BCUT2D eigenvalue weighted by atomic mass is 16.6. The quantitative estimate of drug-likeness (QED) is 0.218. The third kappa shape index (κ3) is 2.41. The van der Waals surface area contributed by atoms with E-state index in [0.29, 0.717) is 0 Å². The molecule has 0 aromatic heterocycles. The molecule has 8 nitrogen and oxygen atoms in total. The molecule has 0 unspecified atom stereocenters. The predicted molar refractivity (Wildman–Crippen MR) is 59.7 cm³/mol. The molecule has 0 amide bonds. The highest BCUT2D eigenvalue weighted by Gasteiger charge is 2.33. The largest absolute Gasteiger partial charge is 0.510 e. The summed E-state index contributed by atoms with van der Waals surface area (Å²) < 4.78 is 4.27. The normalized spacial score (nSPS) is 11.1. The van der Waals surface area contributed by atoms with Crippen LogP contribution in [0.25, 0.3) is 10.7 Å². The Morgan fingerprint density at radius 1 is 1.50 bits per heavy atom. The summed E-state index contributed by atoms with van der Waals surface area (Å²) >= 11 is 0. The summed E-state index contributed by atoms with van der Waals surface area (Å²) in [6.07, 6.45) is 0. The van der Waals surface area contributed by atoms with Crippen LogP contribution < -0.4 is 0 Å². The van der Waals surface area contributed by atoms with Crippen molar-refractivity contribution in [1.82, 2.24) is 0 Å². The average molecular weight is 250 g/mol. The summed E-state index contributed by atoms with van der Waals surface area (Å²) in [5.74, 6) is -1.95. The Bertz CT molecular complexity index is 573. The number of carbonyl (C=O) groups excluding carboxylic acids is 1. The Balaban J connectivity index is 3.47. The zero-order valence-electron chi connectivity index (χ0n) is 9.23. The fourth-order valence-corrected chi connectivity index (χ4v) is 1.24. The Labute approximate surface area is 101 Å². The van der Waals surface area contributed by atoms with Crippen molar-refractivity contribution in [3.8, 4) is 0 Å². The molecule has 1 rings (SSSR count). The Hall–Kier alpha value is -2.95. The minimum Gasteiger partial charge on any atom is -0.500 e. The van der Waals surface area contributed by atoms with E-state index >= 15 is 0 Å². The van der Waals surface area contributed by atoms with Crippen LogP contribution in [0.4, 0.5) is 5.69 Å². The van der Waals surface area contributed by atoms with E-state index in [-0.39, 0.29) is 5.56 Å². The van der Waals surface area contributed by atoms with Gasteiger partial charge in [-0.3, -0.25) is 10.1 Å². The second kappa shape index (κ2) is 5.40. The number of ether oxygens (including phenoxy) is 1. The number of hydrogen-bond donors (Lipinski definition) is 1. The van der Waals surface area contributed by atoms with Gasteiger partial charge in [-0.05, 0) is 6.07 Å². The maximum atomic E-state index is 11.2. The smallest absolute Gasteiger partial charge is 0.500 e. The van der Waals surface area contributed by atoms with Crippen LogP contribution in [0.1, 0.15) is 5.56 Å². The SMILES string of the molecule is COC(=O)/C([N+]#N)=C(\O)c1ccccc1[N+](=O)[O-]. The third-order valence-corrected chi connectivity index (χ3v) is 2.06. The van der Waals surface area contributed by atoms with Gasteiger partial charge in [-0.2, -0.15) is 0 Å². The first kappa shape index (κ1) is 13.1. The minimum absolute atomic E-state index is 0.249. The number of hydrogen-bond acceptors (Lipinski definition) is 6. The fraction of sp³-hybridized carbons (Fsp3) is 0.100. The van der Waals surface area contributed by atoms with Crippen LogP contribution in [-0.4, -0.2) is 23.1 Å². The molecule has 0 radical (unpaired) electrons. The molecular formula is C10H8N3O5+. The van der Waals surface area contributed by atoms with E-state index in [0.717, 1.165) is 13.2 Å². The molecule has 8 heteroatoms. The number of nitro groups is 1. The second-order valence-corrected chi connectivity index (χ2v) is 3.06. The lowest BCUT2D eigenvalue weighted by atomic mass is 10.1. The summed E-state index contributed by atoms with van der Waals surface area (Å²) in [5, 5.41) is 29.1. The van der Waals surface area contributed by atoms with E-state index in [1.165, 1.54) is 18.2 Å². The maximum absolute atomic E-state index is 11.2. The lowest BCUT2D eigenvalue weighted by molar-refractivity contribution is -0.385. The van der Waals surface area contributed by atoms with Crippen molar-refractivity contribution in [3.05, 3.63) is 50.6 Å². The van der Waals surface area contributed by atoms with E-state index in [2.05, 4.69) is 9.71 Å². The lowest BCUT2D eigenvalue weighted by Crippen LogP contribution is -2.05. The van der Waals surface area contributed by atoms with E-state index in [1.54, 1.807) is 0 Å². The standard InChI is InChI=1S/C10H7N3O5/c1-18-10(15)8(12-11)9(14)6-4-2-3-5-7(6)13(16)17/h2-5H,1H3/p+1. The number of methoxy groups -OCH3 is 1. The van der Waals surface area contributed by atoms with Gasteiger partial charge in [0, 0.05) is 6.07 Å². The van der Waals surface area contributed by atoms with Gasteiger partial charge in [0.2, 0.25) is 11.2 Å². The summed E-state index contributed by atoms with van der Waals surface area (Å²) in [7, 11) is 1.01. The zero-order chi connectivity index (χ0) is 13.7. The van der Waals surface area contributed by atoms with Crippen molar-refractivity contribution in [2.24, 2.45) is 0 Å². The number of aliphatic hydroxyl groups is 1. The molecule has 18 heavy (non-hydrogen) atoms. The highest BCUT2D eigenvalue weighted by molar-refractivity contribution is 5.98. The number of rotatable bonds is 3. The molecule has 0 fully saturated rings. The first-order valence-electron chi connectivity index (χ1n) is 4.63. The van der Waals surface area contributed by atoms with Crippen LogP contribution in [0.5, 0.6) is 0 Å². The topological polar surface area (TPSA) is 118 Å². The van der Waals surface area contributed by atoms with Crippen molar-refractivity contribution in [2.75, 3.05) is 7.11 Å². The van der Waals surface area contributed by atoms with E-state index in [4.69, 9.17) is 5.39 Å². The van der Waals surface area contributed by atoms with Gasteiger partial charge in [0.15, 0.2) is 4.98 Å². The third-order valence-electron chi connectivity index (χ3n) is 2.06. The number of carbonyl (C=O) groups is 1. The molecule has 0 atom stereocenters. The number of nitrogens with zero attached hydrogens (tertiary/aromatic N) is 3. The maximum Gasteiger partial charge on any atom is 0.510 e. The zero-order valence-corrected chi connectivity index (χ0v) is 9.23. The molecule has 1 N–H and O–H groups in total. The van der Waals surface area contributed by atoms with Crippen molar-refractivity contribution in [3.63, 3.8) is 0 Å². The predicted octanol–water partition coefficient (Wildman–Crippen LogP) is 1.85. The van der Waals surface area contributed by atoms with Gasteiger partial charge in [-0.25, -0.2) is 4.79 Å². The molecule has 1 aromatic rings. The molecule has 0 aliphatic heterocycles. The molecule has 0 saturated carbocycles. The first-order chi connectivity index (χ1) is 8.52. The van der Waals surface area contributed by atoms with Crippen molar-refractivity contribution >= 4 is 17.4 Å². The average Bonchev–Trinajstić information content (AvgIpc) is 2.39. The summed E-state index contributed by atoms with van der Waals surface area (Å²) in [4.78, 5) is 23.7. The van der Waals surface area contributed by atoms with Gasteiger partial charge in [0.25, 0.3) is 5.69 Å². The fourth-order valence-electron chi connectivity index (χ4n) is 1.24. The van der Waals surface area contributed by atoms with Gasteiger partial charge in [0.1, 0.15) is 5.56 Å². The van der Waals surface area contributed by atoms with Gasteiger partial charge in [-0.15, -0.1) is 0 Å². The Morgan fingerprint density at radius 3 is 2.61 bits per heavy atom. The van der Waals surface area contributed by atoms with Crippen LogP contribution in [-0.2, 0) is 9.53 Å². The second-order valence-electron chi connectivity index (χ2n) is 3.06. The Morgan fingerprint density at radius 2 is 2.11 bits per heavy atom. The van der Waals surface area contributed by atoms with Crippen molar-refractivity contribution in [2.45, 2.75) is 0 Å². The molecule has 0 aliphatic rings. The van der Waals surface area contributed by atoms with Gasteiger partial charge >= 0.3 is 11.7 Å². The van der Waals surface area contributed by atoms with Crippen molar-refractivity contribution in [1.29, 1.82) is 5.39 Å². The van der Waals surface area contributed by atoms with Crippen LogP contribution in [0.2, 0.25) is 0 Å². The van der Waals surface area contributed by atoms with Gasteiger partial charge in [0.05, 0.1) is 12.0 Å². The van der Waals surface area contributed by atoms with Crippen molar-refractivity contribution < 1.29 is 19.6 Å².